The number of aromatic amines is 1. The summed E-state index contributed by atoms with van der Waals surface area (Å²) in [7, 11) is 0. The van der Waals surface area contributed by atoms with E-state index in [9.17, 15) is 23.2 Å². The lowest BCUT2D eigenvalue weighted by atomic mass is 10.2. The Morgan fingerprint density at radius 2 is 2.00 bits per heavy atom. The number of halogens is 2. The Hall–Kier alpha value is -3.76. The second kappa shape index (κ2) is 10.9. The third-order valence-corrected chi connectivity index (χ3v) is 5.27. The largest absolute Gasteiger partial charge is 0.441 e. The summed E-state index contributed by atoms with van der Waals surface area (Å²) >= 11 is 0. The highest BCUT2D eigenvalue weighted by molar-refractivity contribution is 5.95. The van der Waals surface area contributed by atoms with Crippen LogP contribution in [-0.2, 0) is 17.8 Å². The monoisotopic (exact) mass is 475 g/mol. The number of nitrogen functional groups attached to an aromatic ring is 1. The van der Waals surface area contributed by atoms with Gasteiger partial charge in [0, 0.05) is 32.0 Å². The molecular formula is C23H27F2N5O4. The number of hydrogen-bond acceptors (Lipinski definition) is 6. The van der Waals surface area contributed by atoms with Crippen LogP contribution in [0.1, 0.15) is 45.4 Å². The molecule has 0 unspecified atom stereocenters. The Morgan fingerprint density at radius 3 is 2.68 bits per heavy atom. The Balaban J connectivity index is 1.83. The maximum Gasteiger partial charge on any atom is 0.330 e. The lowest BCUT2D eigenvalue weighted by Crippen LogP contribution is -2.41. The molecule has 0 spiro atoms. The van der Waals surface area contributed by atoms with Gasteiger partial charge in [0.1, 0.15) is 17.5 Å². The summed E-state index contributed by atoms with van der Waals surface area (Å²) in [6.07, 6.45) is 3.30. The quantitative estimate of drug-likeness (QED) is 0.464. The molecule has 0 fully saturated rings. The van der Waals surface area contributed by atoms with E-state index in [-0.39, 0.29) is 48.1 Å². The summed E-state index contributed by atoms with van der Waals surface area (Å²) < 4.78 is 33.9. The number of H-pyrrole nitrogens is 1. The molecule has 1 aromatic carbocycles. The standard InChI is InChI=1S/C23H27F2N5O4/c1-3-5-11-29(20-21(26)30(10-4-2)23(33)28-22(20)32)19(31)9-8-18-27-13-17(34-18)15-7-6-14(24)12-16(15)25/h6-7,12-13H,3-5,8-11,26H2,1-2H3,(H,28,32,33). The minimum Gasteiger partial charge on any atom is -0.441 e. The summed E-state index contributed by atoms with van der Waals surface area (Å²) in [6, 6.07) is 3.09. The molecule has 9 nitrogen and oxygen atoms in total. The number of benzene rings is 1. The molecule has 2 aromatic heterocycles. The zero-order chi connectivity index (χ0) is 24.8. The molecule has 3 N–H and O–H groups in total. The summed E-state index contributed by atoms with van der Waals surface area (Å²) in [5.74, 6) is -1.68. The first-order valence-electron chi connectivity index (χ1n) is 11.1. The van der Waals surface area contributed by atoms with Crippen molar-refractivity contribution in [1.29, 1.82) is 0 Å². The summed E-state index contributed by atoms with van der Waals surface area (Å²) in [5, 5.41) is 0. The van der Waals surface area contributed by atoms with E-state index in [1.54, 1.807) is 0 Å². The zero-order valence-electron chi connectivity index (χ0n) is 19.1. The average molecular weight is 475 g/mol. The van der Waals surface area contributed by atoms with Crippen LogP contribution in [0.5, 0.6) is 0 Å². The predicted octanol–water partition coefficient (Wildman–Crippen LogP) is 3.23. The fraction of sp³-hybridized carbons (Fsp3) is 0.391. The molecular weight excluding hydrogens is 448 g/mol. The van der Waals surface area contributed by atoms with Crippen molar-refractivity contribution in [3.63, 3.8) is 0 Å². The third-order valence-electron chi connectivity index (χ3n) is 5.27. The summed E-state index contributed by atoms with van der Waals surface area (Å²) in [5.41, 5.74) is 4.76. The third kappa shape index (κ3) is 5.41. The zero-order valence-corrected chi connectivity index (χ0v) is 19.1. The van der Waals surface area contributed by atoms with Crippen LogP contribution in [0.3, 0.4) is 0 Å². The number of unbranched alkanes of at least 4 members (excludes halogenated alkanes) is 1. The topological polar surface area (TPSA) is 127 Å². The number of carbonyl (C=O) groups is 1. The number of rotatable bonds is 10. The molecule has 11 heteroatoms. The van der Waals surface area contributed by atoms with Crippen LogP contribution in [0.15, 0.2) is 38.4 Å². The molecule has 0 bridgehead atoms. The second-order valence-electron chi connectivity index (χ2n) is 7.79. The van der Waals surface area contributed by atoms with E-state index in [4.69, 9.17) is 10.2 Å². The van der Waals surface area contributed by atoms with Crippen molar-refractivity contribution in [2.45, 2.75) is 52.5 Å². The van der Waals surface area contributed by atoms with Gasteiger partial charge in [0.05, 0.1) is 11.8 Å². The molecule has 3 rings (SSSR count). The van der Waals surface area contributed by atoms with E-state index >= 15 is 0 Å². The van der Waals surface area contributed by atoms with Gasteiger partial charge < -0.3 is 15.1 Å². The first kappa shape index (κ1) is 24.9. The highest BCUT2D eigenvalue weighted by atomic mass is 19.1. The van der Waals surface area contributed by atoms with Crippen LogP contribution in [0.2, 0.25) is 0 Å². The minimum atomic E-state index is -0.790. The highest BCUT2D eigenvalue weighted by Gasteiger charge is 2.24. The van der Waals surface area contributed by atoms with Crippen LogP contribution in [0.4, 0.5) is 20.3 Å². The number of aryl methyl sites for hydroxylation is 1. The molecule has 182 valence electrons. The van der Waals surface area contributed by atoms with Crippen molar-refractivity contribution < 1.29 is 18.0 Å². The van der Waals surface area contributed by atoms with Crippen molar-refractivity contribution in [3.05, 3.63) is 62.8 Å². The lowest BCUT2D eigenvalue weighted by molar-refractivity contribution is -0.118. The van der Waals surface area contributed by atoms with Crippen molar-refractivity contribution in [2.75, 3.05) is 17.2 Å². The second-order valence-corrected chi connectivity index (χ2v) is 7.79. The molecule has 0 aliphatic rings. The van der Waals surface area contributed by atoms with Crippen LogP contribution in [-0.4, -0.2) is 27.0 Å². The molecule has 0 saturated heterocycles. The number of nitrogens with zero attached hydrogens (tertiary/aromatic N) is 3. The van der Waals surface area contributed by atoms with Crippen LogP contribution >= 0.6 is 0 Å². The molecule has 0 radical (unpaired) electrons. The van der Waals surface area contributed by atoms with Gasteiger partial charge >= 0.3 is 5.69 Å². The smallest absolute Gasteiger partial charge is 0.330 e. The number of nitrogens with two attached hydrogens (primary N) is 1. The predicted molar refractivity (Wildman–Crippen MR) is 123 cm³/mol. The molecule has 0 aliphatic heterocycles. The van der Waals surface area contributed by atoms with Crippen molar-refractivity contribution >= 4 is 17.4 Å². The molecule has 2 heterocycles. The summed E-state index contributed by atoms with van der Waals surface area (Å²) in [6.45, 7) is 4.34. The van der Waals surface area contributed by atoms with Gasteiger partial charge in [-0.1, -0.05) is 20.3 Å². The normalized spacial score (nSPS) is 11.1. The average Bonchev–Trinajstić information content (AvgIpc) is 3.25. The van der Waals surface area contributed by atoms with E-state index in [2.05, 4.69) is 9.97 Å². The van der Waals surface area contributed by atoms with Gasteiger partial charge in [-0.25, -0.2) is 18.6 Å². The van der Waals surface area contributed by atoms with Crippen LogP contribution in [0.25, 0.3) is 11.3 Å². The van der Waals surface area contributed by atoms with E-state index in [0.29, 0.717) is 19.4 Å². The van der Waals surface area contributed by atoms with Crippen molar-refractivity contribution in [2.24, 2.45) is 0 Å². The number of oxazole rings is 1. The van der Waals surface area contributed by atoms with Gasteiger partial charge in [0.15, 0.2) is 17.3 Å². The van der Waals surface area contributed by atoms with E-state index in [1.165, 1.54) is 21.7 Å². The highest BCUT2D eigenvalue weighted by Crippen LogP contribution is 2.25. The number of aromatic nitrogens is 3. The van der Waals surface area contributed by atoms with Gasteiger partial charge in [0.25, 0.3) is 5.56 Å². The molecule has 0 aliphatic carbocycles. The van der Waals surface area contributed by atoms with E-state index in [0.717, 1.165) is 18.6 Å². The van der Waals surface area contributed by atoms with Crippen LogP contribution in [0, 0.1) is 11.6 Å². The Bertz CT molecular complexity index is 1280. The molecule has 0 saturated carbocycles. The minimum absolute atomic E-state index is 0.0496. The van der Waals surface area contributed by atoms with Gasteiger partial charge in [0.2, 0.25) is 5.91 Å². The number of nitrogens with one attached hydrogen (secondary N) is 1. The number of carbonyl (C=O) groups excluding carboxylic acids is 1. The molecule has 3 aromatic rings. The van der Waals surface area contributed by atoms with Gasteiger partial charge in [-0.3, -0.25) is 19.1 Å². The molecule has 1 amide bonds. The lowest BCUT2D eigenvalue weighted by Gasteiger charge is -2.24. The maximum atomic E-state index is 14.0. The Kier molecular flexibility index (Phi) is 7.98. The van der Waals surface area contributed by atoms with Gasteiger partial charge in [-0.2, -0.15) is 0 Å². The Morgan fingerprint density at radius 1 is 1.24 bits per heavy atom. The van der Waals surface area contributed by atoms with Crippen molar-refractivity contribution in [1.82, 2.24) is 14.5 Å². The maximum absolute atomic E-state index is 14.0. The van der Waals surface area contributed by atoms with E-state index < -0.39 is 28.8 Å². The van der Waals surface area contributed by atoms with Gasteiger partial charge in [-0.05, 0) is 25.0 Å². The van der Waals surface area contributed by atoms with Crippen molar-refractivity contribution in [3.8, 4) is 11.3 Å². The number of amides is 1. The molecule has 34 heavy (non-hydrogen) atoms. The van der Waals surface area contributed by atoms with Crippen LogP contribution < -0.4 is 21.9 Å². The molecule has 0 atom stereocenters. The fourth-order valence-corrected chi connectivity index (χ4v) is 3.55. The number of hydrogen-bond donors (Lipinski definition) is 2. The summed E-state index contributed by atoms with van der Waals surface area (Å²) in [4.78, 5) is 45.4. The number of anilines is 2. The van der Waals surface area contributed by atoms with Gasteiger partial charge in [-0.15, -0.1) is 0 Å². The van der Waals surface area contributed by atoms with E-state index in [1.807, 2.05) is 13.8 Å². The first-order chi connectivity index (χ1) is 16.3. The fourth-order valence-electron chi connectivity index (χ4n) is 3.55. The first-order valence-corrected chi connectivity index (χ1v) is 11.1. The SMILES string of the molecule is CCCCN(C(=O)CCc1ncc(-c2ccc(F)cc2F)o1)c1c(N)n(CCC)c(=O)[nH]c1=O. The Labute approximate surface area is 194 Å².